The van der Waals surface area contributed by atoms with Crippen LogP contribution in [0.1, 0.15) is 27.5 Å². The molecule has 33 heavy (non-hydrogen) atoms. The summed E-state index contributed by atoms with van der Waals surface area (Å²) in [5.74, 6) is 1.72. The lowest BCUT2D eigenvalue weighted by Crippen LogP contribution is -2.48. The van der Waals surface area contributed by atoms with Crippen LogP contribution in [0.3, 0.4) is 0 Å². The molecule has 8 nitrogen and oxygen atoms in total. The molecule has 2 saturated heterocycles. The minimum atomic E-state index is 0.0200. The zero-order valence-corrected chi connectivity index (χ0v) is 19.3. The molecular weight excluding hydrogens is 416 g/mol. The maximum atomic E-state index is 12.7. The topological polar surface area (TPSA) is 65.0 Å². The van der Waals surface area contributed by atoms with Gasteiger partial charge in [-0.15, -0.1) is 6.58 Å². The van der Waals surface area contributed by atoms with Gasteiger partial charge in [0.15, 0.2) is 0 Å². The van der Waals surface area contributed by atoms with Crippen molar-refractivity contribution in [2.45, 2.75) is 12.5 Å². The molecule has 2 aromatic rings. The molecule has 1 atom stereocenters. The number of carbonyl (C=O) groups is 1. The summed E-state index contributed by atoms with van der Waals surface area (Å²) in [6.45, 7) is 11.6. The van der Waals surface area contributed by atoms with Crippen LogP contribution in [0.5, 0.6) is 5.75 Å². The number of hydrogen-bond donors (Lipinski definition) is 0. The predicted molar refractivity (Wildman–Crippen MR) is 128 cm³/mol. The van der Waals surface area contributed by atoms with Crippen LogP contribution in [0.4, 0.5) is 5.95 Å². The predicted octanol–water partition coefficient (Wildman–Crippen LogP) is 1.85. The van der Waals surface area contributed by atoms with Gasteiger partial charge in [-0.2, -0.15) is 0 Å². The Kier molecular flexibility index (Phi) is 6.28. The fourth-order valence-corrected chi connectivity index (χ4v) is 4.85. The molecule has 3 aliphatic heterocycles. The van der Waals surface area contributed by atoms with Crippen molar-refractivity contribution in [1.29, 1.82) is 0 Å². The molecule has 1 aromatic carbocycles. The molecule has 4 heterocycles. The average molecular weight is 449 g/mol. The molecule has 0 bridgehead atoms. The Bertz CT molecular complexity index is 994. The number of piperazine rings is 2. The average Bonchev–Trinajstić information content (AvgIpc) is 3.33. The number of aromatic nitrogens is 2. The molecule has 174 valence electrons. The molecule has 1 amide bonds. The number of amides is 1. The van der Waals surface area contributed by atoms with E-state index in [4.69, 9.17) is 4.74 Å². The summed E-state index contributed by atoms with van der Waals surface area (Å²) in [7, 11) is 2.08. The Morgan fingerprint density at radius 3 is 2.48 bits per heavy atom. The minimum absolute atomic E-state index is 0.0200. The van der Waals surface area contributed by atoms with Crippen LogP contribution in [-0.2, 0) is 6.42 Å². The first-order chi connectivity index (χ1) is 16.1. The van der Waals surface area contributed by atoms with Crippen molar-refractivity contribution in [2.75, 3.05) is 70.9 Å². The molecule has 0 spiro atoms. The largest absolute Gasteiger partial charge is 0.493 e. The van der Waals surface area contributed by atoms with Crippen LogP contribution in [0.2, 0.25) is 0 Å². The molecule has 0 N–H and O–H groups in total. The highest BCUT2D eigenvalue weighted by atomic mass is 16.5. The van der Waals surface area contributed by atoms with Gasteiger partial charge in [-0.25, -0.2) is 9.97 Å². The Morgan fingerprint density at radius 2 is 1.79 bits per heavy atom. The lowest BCUT2D eigenvalue weighted by Gasteiger charge is -2.38. The van der Waals surface area contributed by atoms with Gasteiger partial charge >= 0.3 is 0 Å². The Labute approximate surface area is 195 Å². The quantitative estimate of drug-likeness (QED) is 0.647. The number of rotatable bonds is 5. The van der Waals surface area contributed by atoms with E-state index in [0.29, 0.717) is 11.5 Å². The number of carbonyl (C=O) groups excluding carboxylic acids is 1. The van der Waals surface area contributed by atoms with Gasteiger partial charge in [0.2, 0.25) is 5.95 Å². The number of nitrogens with zero attached hydrogens (tertiary/aromatic N) is 6. The summed E-state index contributed by atoms with van der Waals surface area (Å²) in [6.07, 6.45) is 6.35. The van der Waals surface area contributed by atoms with Crippen LogP contribution in [-0.4, -0.2) is 96.6 Å². The molecule has 3 aliphatic rings. The van der Waals surface area contributed by atoms with E-state index < -0.39 is 0 Å². The number of benzene rings is 1. The summed E-state index contributed by atoms with van der Waals surface area (Å²) in [5, 5.41) is 0. The van der Waals surface area contributed by atoms with E-state index in [1.807, 2.05) is 11.0 Å². The normalized spacial score (nSPS) is 20.3. The molecule has 0 radical (unpaired) electrons. The highest BCUT2D eigenvalue weighted by Gasteiger charge is 2.26. The zero-order chi connectivity index (χ0) is 22.8. The molecule has 1 unspecified atom stereocenters. The fraction of sp³-hybridized carbons (Fsp3) is 0.480. The molecule has 8 heteroatoms. The summed E-state index contributed by atoms with van der Waals surface area (Å²) < 4.78 is 5.76. The van der Waals surface area contributed by atoms with Crippen LogP contribution in [0.25, 0.3) is 0 Å². The Balaban J connectivity index is 1.19. The lowest BCUT2D eigenvalue weighted by atomic mass is 10.0. The van der Waals surface area contributed by atoms with Gasteiger partial charge in [0.05, 0.1) is 18.2 Å². The van der Waals surface area contributed by atoms with Crippen molar-refractivity contribution in [3.05, 3.63) is 59.9 Å². The third kappa shape index (κ3) is 4.58. The maximum absolute atomic E-state index is 12.7. The lowest BCUT2D eigenvalue weighted by molar-refractivity contribution is 0.0663. The fourth-order valence-electron chi connectivity index (χ4n) is 4.85. The van der Waals surface area contributed by atoms with Crippen molar-refractivity contribution >= 4 is 11.9 Å². The molecular formula is C25H32N6O2. The van der Waals surface area contributed by atoms with E-state index in [9.17, 15) is 4.79 Å². The summed E-state index contributed by atoms with van der Waals surface area (Å²) in [4.78, 5) is 30.5. The smallest absolute Gasteiger partial charge is 0.257 e. The van der Waals surface area contributed by atoms with E-state index in [1.54, 1.807) is 12.4 Å². The monoisotopic (exact) mass is 448 g/mol. The van der Waals surface area contributed by atoms with Gasteiger partial charge in [-0.1, -0.05) is 18.2 Å². The number of ether oxygens (including phenoxy) is 1. The molecule has 5 rings (SSSR count). The first kappa shape index (κ1) is 21.9. The number of anilines is 1. The second-order valence-electron chi connectivity index (χ2n) is 9.04. The van der Waals surface area contributed by atoms with Gasteiger partial charge in [0.1, 0.15) is 5.75 Å². The third-order valence-corrected chi connectivity index (χ3v) is 6.95. The van der Waals surface area contributed by atoms with Gasteiger partial charge < -0.3 is 19.4 Å². The summed E-state index contributed by atoms with van der Waals surface area (Å²) in [6, 6.07) is 6.71. The SMILES string of the molecule is C=CC(c1ccc2c(c1)OCC2)N1CCN(c2ncc(C(=O)N3CCN(C)CC3)cn2)CC1. The molecule has 1 aromatic heterocycles. The molecule has 2 fully saturated rings. The van der Waals surface area contributed by atoms with Crippen molar-refractivity contribution in [3.8, 4) is 5.75 Å². The summed E-state index contributed by atoms with van der Waals surface area (Å²) in [5.41, 5.74) is 3.08. The van der Waals surface area contributed by atoms with Gasteiger partial charge in [0, 0.05) is 71.2 Å². The minimum Gasteiger partial charge on any atom is -0.493 e. The second-order valence-corrected chi connectivity index (χ2v) is 9.04. The van der Waals surface area contributed by atoms with E-state index >= 15 is 0 Å². The van der Waals surface area contributed by atoms with Crippen LogP contribution >= 0.6 is 0 Å². The van der Waals surface area contributed by atoms with Crippen LogP contribution < -0.4 is 9.64 Å². The van der Waals surface area contributed by atoms with Gasteiger partial charge in [0.25, 0.3) is 5.91 Å². The van der Waals surface area contributed by atoms with Gasteiger partial charge in [-0.05, 0) is 24.2 Å². The van der Waals surface area contributed by atoms with Crippen molar-refractivity contribution in [3.63, 3.8) is 0 Å². The van der Waals surface area contributed by atoms with E-state index in [0.717, 1.165) is 71.1 Å². The van der Waals surface area contributed by atoms with E-state index in [1.165, 1.54) is 11.1 Å². The molecule has 0 aliphatic carbocycles. The second kappa shape index (κ2) is 9.49. The zero-order valence-electron chi connectivity index (χ0n) is 19.3. The third-order valence-electron chi connectivity index (χ3n) is 6.95. The molecule has 0 saturated carbocycles. The number of fused-ring (bicyclic) bond motifs is 1. The van der Waals surface area contributed by atoms with Crippen LogP contribution in [0.15, 0.2) is 43.2 Å². The van der Waals surface area contributed by atoms with Crippen LogP contribution in [0, 0.1) is 0 Å². The Hall–Kier alpha value is -2.97. The summed E-state index contributed by atoms with van der Waals surface area (Å²) >= 11 is 0. The highest BCUT2D eigenvalue weighted by Crippen LogP contribution is 2.32. The number of likely N-dealkylation sites (N-methyl/N-ethyl adjacent to an activating group) is 1. The van der Waals surface area contributed by atoms with Crippen molar-refractivity contribution in [1.82, 2.24) is 24.7 Å². The maximum Gasteiger partial charge on any atom is 0.257 e. The van der Waals surface area contributed by atoms with Gasteiger partial charge in [-0.3, -0.25) is 9.69 Å². The van der Waals surface area contributed by atoms with Crippen molar-refractivity contribution < 1.29 is 9.53 Å². The van der Waals surface area contributed by atoms with E-state index in [-0.39, 0.29) is 11.9 Å². The first-order valence-corrected chi connectivity index (χ1v) is 11.8. The van der Waals surface area contributed by atoms with Crippen molar-refractivity contribution in [2.24, 2.45) is 0 Å². The number of hydrogen-bond acceptors (Lipinski definition) is 7. The standard InChI is InChI=1S/C25H32N6O2/c1-3-22(20-5-4-19-6-15-33-23(19)16-20)29-11-13-31(14-12-29)25-26-17-21(18-27-25)24(32)30-9-7-28(2)8-10-30/h3-5,16-18,22H,1,6-15H2,2H3. The first-order valence-electron chi connectivity index (χ1n) is 11.8. The Morgan fingerprint density at radius 1 is 1.06 bits per heavy atom. The highest BCUT2D eigenvalue weighted by molar-refractivity contribution is 5.93. The van der Waals surface area contributed by atoms with E-state index in [2.05, 4.69) is 56.5 Å².